The van der Waals surface area contributed by atoms with Crippen molar-refractivity contribution in [3.8, 4) is 0 Å². The van der Waals surface area contributed by atoms with Gasteiger partial charge in [-0.3, -0.25) is 0 Å². The molecule has 1 unspecified atom stereocenters. The summed E-state index contributed by atoms with van der Waals surface area (Å²) in [7, 11) is 0. The lowest BCUT2D eigenvalue weighted by Gasteiger charge is -2.32. The minimum absolute atomic E-state index is 0.205. The number of nitrogens with two attached hydrogens (primary N) is 1. The van der Waals surface area contributed by atoms with Crippen LogP contribution in [0.5, 0.6) is 0 Å². The molecule has 0 saturated heterocycles. The molecule has 1 saturated carbocycles. The van der Waals surface area contributed by atoms with E-state index in [4.69, 9.17) is 5.73 Å². The van der Waals surface area contributed by atoms with E-state index in [1.54, 1.807) is 0 Å². The van der Waals surface area contributed by atoms with Gasteiger partial charge in [0.25, 0.3) is 0 Å². The predicted octanol–water partition coefficient (Wildman–Crippen LogP) is 1.83. The number of nitrogens with zero attached hydrogens (tertiary/aromatic N) is 1. The predicted molar refractivity (Wildman–Crippen MR) is 75.2 cm³/mol. The number of nitrogens with one attached hydrogen (secondary N) is 1. The first kappa shape index (κ1) is 14.9. The second-order valence-corrected chi connectivity index (χ2v) is 6.28. The van der Waals surface area contributed by atoms with Crippen LogP contribution in [0.1, 0.15) is 47.0 Å². The van der Waals surface area contributed by atoms with Crippen molar-refractivity contribution in [1.29, 1.82) is 0 Å². The Morgan fingerprint density at radius 3 is 2.24 bits per heavy atom. The second kappa shape index (κ2) is 6.17. The molecule has 102 valence electrons. The molecule has 3 heteroatoms. The highest BCUT2D eigenvalue weighted by Gasteiger charge is 2.41. The normalized spacial score (nSPS) is 27.9. The molecule has 0 heterocycles. The largest absolute Gasteiger partial charge is 0.329 e. The Balaban J connectivity index is 2.38. The van der Waals surface area contributed by atoms with Gasteiger partial charge in [-0.05, 0) is 37.8 Å². The lowest BCUT2D eigenvalue weighted by atomic mass is 9.87. The zero-order chi connectivity index (χ0) is 12.9. The van der Waals surface area contributed by atoms with Gasteiger partial charge in [-0.1, -0.05) is 27.7 Å². The third-order valence-electron chi connectivity index (χ3n) is 4.31. The van der Waals surface area contributed by atoms with Gasteiger partial charge in [0.2, 0.25) is 0 Å². The van der Waals surface area contributed by atoms with Gasteiger partial charge >= 0.3 is 0 Å². The van der Waals surface area contributed by atoms with Gasteiger partial charge in [-0.2, -0.15) is 0 Å². The van der Waals surface area contributed by atoms with Crippen LogP contribution in [0.4, 0.5) is 0 Å². The van der Waals surface area contributed by atoms with Crippen LogP contribution in [0.15, 0.2) is 0 Å². The van der Waals surface area contributed by atoms with E-state index >= 15 is 0 Å². The van der Waals surface area contributed by atoms with E-state index < -0.39 is 0 Å². The molecule has 0 aliphatic heterocycles. The second-order valence-electron chi connectivity index (χ2n) is 6.28. The van der Waals surface area contributed by atoms with Crippen LogP contribution >= 0.6 is 0 Å². The summed E-state index contributed by atoms with van der Waals surface area (Å²) in [5.74, 6) is 0. The molecule has 0 aromatic rings. The van der Waals surface area contributed by atoms with Crippen molar-refractivity contribution < 1.29 is 0 Å². The Labute approximate surface area is 107 Å². The Bertz CT molecular complexity index is 224. The zero-order valence-corrected chi connectivity index (χ0v) is 12.2. The first-order chi connectivity index (χ1) is 7.97. The van der Waals surface area contributed by atoms with Crippen molar-refractivity contribution >= 4 is 0 Å². The molecule has 3 nitrogen and oxygen atoms in total. The van der Waals surface area contributed by atoms with Gasteiger partial charge in [-0.15, -0.1) is 0 Å². The minimum Gasteiger partial charge on any atom is -0.329 e. The lowest BCUT2D eigenvalue weighted by Crippen LogP contribution is -2.51. The lowest BCUT2D eigenvalue weighted by molar-refractivity contribution is 0.254. The molecule has 0 spiro atoms. The van der Waals surface area contributed by atoms with Gasteiger partial charge in [0.1, 0.15) is 0 Å². The first-order valence-electron chi connectivity index (χ1n) is 7.14. The third kappa shape index (κ3) is 4.23. The molecule has 0 bridgehead atoms. The highest BCUT2D eigenvalue weighted by molar-refractivity contribution is 5.00. The van der Waals surface area contributed by atoms with E-state index in [2.05, 4.69) is 37.9 Å². The Morgan fingerprint density at radius 2 is 1.82 bits per heavy atom. The standard InChI is InChI=1S/C14H31N3/c1-5-17(6-2)10-9-16-14(12-15)8-7-13(3,4)11-14/h16H,5-12,15H2,1-4H3. The van der Waals surface area contributed by atoms with Crippen molar-refractivity contribution in [3.63, 3.8) is 0 Å². The third-order valence-corrected chi connectivity index (χ3v) is 4.31. The Hall–Kier alpha value is -0.120. The fraction of sp³-hybridized carbons (Fsp3) is 1.00. The summed E-state index contributed by atoms with van der Waals surface area (Å²) in [4.78, 5) is 2.46. The van der Waals surface area contributed by atoms with Gasteiger partial charge < -0.3 is 16.0 Å². The molecule has 17 heavy (non-hydrogen) atoms. The van der Waals surface area contributed by atoms with E-state index in [0.29, 0.717) is 5.41 Å². The molecule has 0 amide bonds. The number of rotatable bonds is 7. The summed E-state index contributed by atoms with van der Waals surface area (Å²) in [6.07, 6.45) is 3.74. The Morgan fingerprint density at radius 1 is 1.18 bits per heavy atom. The number of hydrogen-bond acceptors (Lipinski definition) is 3. The van der Waals surface area contributed by atoms with Crippen LogP contribution in [-0.2, 0) is 0 Å². The molecular formula is C14H31N3. The molecule has 1 rings (SSSR count). The topological polar surface area (TPSA) is 41.3 Å². The molecule has 1 aliphatic rings. The fourth-order valence-electron chi connectivity index (χ4n) is 3.09. The molecule has 3 N–H and O–H groups in total. The van der Waals surface area contributed by atoms with E-state index in [0.717, 1.165) is 32.7 Å². The summed E-state index contributed by atoms with van der Waals surface area (Å²) in [5, 5.41) is 3.73. The van der Waals surface area contributed by atoms with Crippen molar-refractivity contribution in [2.75, 3.05) is 32.7 Å². The van der Waals surface area contributed by atoms with Crippen LogP contribution < -0.4 is 11.1 Å². The summed E-state index contributed by atoms with van der Waals surface area (Å²) in [6.45, 7) is 14.4. The van der Waals surface area contributed by atoms with Crippen LogP contribution in [-0.4, -0.2) is 43.2 Å². The molecule has 1 fully saturated rings. The van der Waals surface area contributed by atoms with Gasteiger partial charge in [0.15, 0.2) is 0 Å². The summed E-state index contributed by atoms with van der Waals surface area (Å²) < 4.78 is 0. The maximum atomic E-state index is 6.00. The smallest absolute Gasteiger partial charge is 0.0309 e. The molecule has 0 aromatic carbocycles. The van der Waals surface area contributed by atoms with E-state index in [-0.39, 0.29) is 5.54 Å². The quantitative estimate of drug-likeness (QED) is 0.714. The average molecular weight is 241 g/mol. The van der Waals surface area contributed by atoms with E-state index in [1.165, 1.54) is 19.3 Å². The molecule has 1 aliphatic carbocycles. The molecule has 0 radical (unpaired) electrons. The molecule has 0 aromatic heterocycles. The number of hydrogen-bond donors (Lipinski definition) is 2. The number of likely N-dealkylation sites (N-methyl/N-ethyl adjacent to an activating group) is 1. The summed E-state index contributed by atoms with van der Waals surface area (Å²) >= 11 is 0. The maximum Gasteiger partial charge on any atom is 0.0309 e. The first-order valence-corrected chi connectivity index (χ1v) is 7.14. The highest BCUT2D eigenvalue weighted by Crippen LogP contribution is 2.42. The van der Waals surface area contributed by atoms with Crippen molar-refractivity contribution in [2.24, 2.45) is 11.1 Å². The van der Waals surface area contributed by atoms with E-state index in [1.807, 2.05) is 0 Å². The fourth-order valence-corrected chi connectivity index (χ4v) is 3.09. The van der Waals surface area contributed by atoms with Gasteiger partial charge in [0, 0.05) is 25.2 Å². The van der Waals surface area contributed by atoms with Crippen LogP contribution in [0, 0.1) is 5.41 Å². The average Bonchev–Trinajstić information content (AvgIpc) is 2.61. The summed E-state index contributed by atoms with van der Waals surface area (Å²) in [5.41, 5.74) is 6.66. The van der Waals surface area contributed by atoms with Gasteiger partial charge in [-0.25, -0.2) is 0 Å². The van der Waals surface area contributed by atoms with Crippen LogP contribution in [0.3, 0.4) is 0 Å². The maximum absolute atomic E-state index is 6.00. The summed E-state index contributed by atoms with van der Waals surface area (Å²) in [6, 6.07) is 0. The zero-order valence-electron chi connectivity index (χ0n) is 12.2. The molecular weight excluding hydrogens is 210 g/mol. The van der Waals surface area contributed by atoms with Crippen molar-refractivity contribution in [2.45, 2.75) is 52.5 Å². The van der Waals surface area contributed by atoms with Crippen LogP contribution in [0.25, 0.3) is 0 Å². The van der Waals surface area contributed by atoms with Crippen molar-refractivity contribution in [1.82, 2.24) is 10.2 Å². The monoisotopic (exact) mass is 241 g/mol. The highest BCUT2D eigenvalue weighted by atomic mass is 15.1. The van der Waals surface area contributed by atoms with Gasteiger partial charge in [0.05, 0.1) is 0 Å². The van der Waals surface area contributed by atoms with Crippen LogP contribution in [0.2, 0.25) is 0 Å². The minimum atomic E-state index is 0.205. The SMILES string of the molecule is CCN(CC)CCNC1(CN)CCC(C)(C)C1. The van der Waals surface area contributed by atoms with Crippen molar-refractivity contribution in [3.05, 3.63) is 0 Å². The Kier molecular flexibility index (Phi) is 5.42. The molecule has 1 atom stereocenters. The van der Waals surface area contributed by atoms with E-state index in [9.17, 15) is 0 Å².